The zero-order valence-electron chi connectivity index (χ0n) is 26.6. The van der Waals surface area contributed by atoms with Crippen LogP contribution in [0.5, 0.6) is 0 Å². The topological polar surface area (TPSA) is 123 Å². The summed E-state index contributed by atoms with van der Waals surface area (Å²) in [5.74, 6) is -6.09. The van der Waals surface area contributed by atoms with Gasteiger partial charge in [0.25, 0.3) is 0 Å². The van der Waals surface area contributed by atoms with Crippen LogP contribution < -0.4 is 11.1 Å². The Morgan fingerprint density at radius 3 is 2.14 bits per heavy atom. The van der Waals surface area contributed by atoms with Crippen LogP contribution in [0.15, 0.2) is 102 Å². The summed E-state index contributed by atoms with van der Waals surface area (Å²) >= 11 is 0. The van der Waals surface area contributed by atoms with E-state index in [1.807, 2.05) is 60.7 Å². The zero-order valence-corrected chi connectivity index (χ0v) is 26.6. The summed E-state index contributed by atoms with van der Waals surface area (Å²) in [5, 5.41) is 2.68. The molecule has 6 aromatic rings. The number of nitrogens with two attached hydrogens (primary N) is 1. The summed E-state index contributed by atoms with van der Waals surface area (Å²) in [7, 11) is 0. The second-order valence-electron chi connectivity index (χ2n) is 12.0. The van der Waals surface area contributed by atoms with Gasteiger partial charge in [-0.25, -0.2) is 29.3 Å². The van der Waals surface area contributed by atoms with Crippen LogP contribution in [0.4, 0.5) is 43.8 Å². The van der Waals surface area contributed by atoms with Gasteiger partial charge < -0.3 is 11.1 Å². The van der Waals surface area contributed by atoms with Gasteiger partial charge in [-0.2, -0.15) is 22.0 Å². The van der Waals surface area contributed by atoms with Crippen molar-refractivity contribution in [1.82, 2.24) is 24.3 Å². The molecule has 3 aromatic heterocycles. The lowest BCUT2D eigenvalue weighted by atomic mass is 9.78. The fourth-order valence-electron chi connectivity index (χ4n) is 6.00. The van der Waals surface area contributed by atoms with E-state index in [9.17, 15) is 31.1 Å². The molecule has 0 spiro atoms. The number of hydrogen-bond acceptors (Lipinski definition) is 7. The molecule has 258 valence electrons. The van der Waals surface area contributed by atoms with E-state index in [4.69, 9.17) is 10.7 Å². The molecule has 15 heteroatoms. The number of nitrogens with one attached hydrogen (secondary N) is 1. The van der Waals surface area contributed by atoms with Crippen LogP contribution in [-0.2, 0) is 16.6 Å². The van der Waals surface area contributed by atoms with E-state index in [-0.39, 0.29) is 45.9 Å². The Morgan fingerprint density at radius 2 is 1.53 bits per heavy atom. The first kappa shape index (κ1) is 33.4. The van der Waals surface area contributed by atoms with Crippen molar-refractivity contribution < 1.29 is 31.1 Å². The molecular formula is C36H26F6N8O. The largest absolute Gasteiger partial charge is 0.453 e. The van der Waals surface area contributed by atoms with Gasteiger partial charge in [0, 0.05) is 23.7 Å². The first-order valence-electron chi connectivity index (χ1n) is 15.5. The van der Waals surface area contributed by atoms with Gasteiger partial charge in [-0.1, -0.05) is 72.8 Å². The number of aryl methyl sites for hydroxylation is 1. The zero-order chi connectivity index (χ0) is 36.1. The van der Waals surface area contributed by atoms with Crippen molar-refractivity contribution >= 4 is 34.7 Å². The van der Waals surface area contributed by atoms with Gasteiger partial charge in [0.2, 0.25) is 5.91 Å². The van der Waals surface area contributed by atoms with E-state index < -0.39 is 42.1 Å². The summed E-state index contributed by atoms with van der Waals surface area (Å²) in [6.07, 6.45) is -5.44. The first-order chi connectivity index (χ1) is 24.3. The number of nitrogen functional groups attached to an aromatic ring is 1. The second-order valence-corrected chi connectivity index (χ2v) is 12.0. The molecule has 3 aromatic carbocycles. The van der Waals surface area contributed by atoms with Crippen LogP contribution in [0.1, 0.15) is 41.3 Å². The third kappa shape index (κ3) is 5.93. The van der Waals surface area contributed by atoms with E-state index in [1.54, 1.807) is 6.92 Å². The number of nitrogens with zero attached hydrogens (tertiary/aromatic N) is 6. The Kier molecular flexibility index (Phi) is 8.07. The van der Waals surface area contributed by atoms with Gasteiger partial charge in [-0.3, -0.25) is 9.20 Å². The maximum absolute atomic E-state index is 14.2. The van der Waals surface area contributed by atoms with Crippen molar-refractivity contribution in [2.24, 2.45) is 4.99 Å². The predicted octanol–water partition coefficient (Wildman–Crippen LogP) is 7.47. The molecule has 1 amide bonds. The first-order valence-corrected chi connectivity index (χ1v) is 15.5. The Labute approximate surface area is 286 Å². The number of imidazole rings is 1. The van der Waals surface area contributed by atoms with Gasteiger partial charge in [0.1, 0.15) is 28.6 Å². The van der Waals surface area contributed by atoms with Gasteiger partial charge in [-0.15, -0.1) is 0 Å². The Morgan fingerprint density at radius 1 is 0.902 bits per heavy atom. The van der Waals surface area contributed by atoms with Crippen molar-refractivity contribution in [3.8, 4) is 11.5 Å². The summed E-state index contributed by atoms with van der Waals surface area (Å²) in [4.78, 5) is 35.8. The Balaban J connectivity index is 1.39. The minimum Gasteiger partial charge on any atom is -0.383 e. The Bertz CT molecular complexity index is 2270. The minimum atomic E-state index is -5.78. The molecule has 7 rings (SSSR count). The van der Waals surface area contributed by atoms with Crippen molar-refractivity contribution in [3.63, 3.8) is 0 Å². The number of anilines is 2. The molecule has 0 fully saturated rings. The minimum absolute atomic E-state index is 0.0118. The standard InChI is InChI=1S/C36H26F6N8O/c1-34(22-12-14-23(37)15-13-22)27-29(43)47-30(48-31(27)49-33(34)51)25-19-50-26(18-44-32(50)24(45-25)16-17-35(38,39)36(40,41)42)46-28(20-8-4-2-5-9-20)21-10-6-3-7-11-21/h2-15,18-19H,16-17H2,1H3,(H3,43,47,48,49,51). The maximum atomic E-state index is 14.2. The number of amides is 1. The number of carbonyl (C=O) groups excluding carboxylic acids is 1. The number of alkyl halides is 5. The molecule has 0 aliphatic carbocycles. The average Bonchev–Trinajstić information content (AvgIpc) is 3.64. The predicted molar refractivity (Wildman–Crippen MR) is 177 cm³/mol. The third-order valence-electron chi connectivity index (χ3n) is 8.73. The molecule has 1 aliphatic rings. The summed E-state index contributed by atoms with van der Waals surface area (Å²) in [6, 6.07) is 23.7. The molecule has 0 saturated carbocycles. The molecule has 51 heavy (non-hydrogen) atoms. The number of benzene rings is 3. The number of hydrogen-bond donors (Lipinski definition) is 2. The summed E-state index contributed by atoms with van der Waals surface area (Å²) in [5.41, 5.74) is 7.40. The number of aliphatic imine (C=N–C) groups is 1. The van der Waals surface area contributed by atoms with E-state index >= 15 is 0 Å². The highest BCUT2D eigenvalue weighted by Crippen LogP contribution is 2.45. The van der Waals surface area contributed by atoms with E-state index in [2.05, 4.69) is 25.3 Å². The van der Waals surface area contributed by atoms with Gasteiger partial charge >= 0.3 is 12.1 Å². The molecule has 1 atom stereocenters. The SMILES string of the molecule is CC1(c2ccc(F)cc2)C(=O)Nc2nc(-c3cn4c(N=C(c5ccccc5)c5ccccc5)cnc4c(CCC(F)(F)C(F)(F)F)n3)nc(N)c21. The van der Waals surface area contributed by atoms with Crippen LogP contribution in [0.25, 0.3) is 17.2 Å². The monoisotopic (exact) mass is 700 g/mol. The average molecular weight is 701 g/mol. The maximum Gasteiger partial charge on any atom is 0.453 e. The molecule has 4 heterocycles. The lowest BCUT2D eigenvalue weighted by Gasteiger charge is -2.23. The molecule has 1 unspecified atom stereocenters. The van der Waals surface area contributed by atoms with Crippen molar-refractivity contribution in [3.05, 3.63) is 131 Å². The summed E-state index contributed by atoms with van der Waals surface area (Å²) in [6.45, 7) is 1.58. The molecule has 0 bridgehead atoms. The number of aromatic nitrogens is 5. The molecule has 1 aliphatic heterocycles. The summed E-state index contributed by atoms with van der Waals surface area (Å²) < 4.78 is 83.0. The number of carbonyl (C=O) groups is 1. The van der Waals surface area contributed by atoms with Crippen LogP contribution in [0.3, 0.4) is 0 Å². The van der Waals surface area contributed by atoms with Gasteiger partial charge in [0.05, 0.1) is 23.2 Å². The molecular weight excluding hydrogens is 674 g/mol. The molecule has 0 saturated heterocycles. The highest BCUT2D eigenvalue weighted by Gasteiger charge is 2.56. The van der Waals surface area contributed by atoms with Crippen LogP contribution >= 0.6 is 0 Å². The van der Waals surface area contributed by atoms with E-state index in [0.29, 0.717) is 11.3 Å². The highest BCUT2D eigenvalue weighted by molar-refractivity contribution is 6.14. The quantitative estimate of drug-likeness (QED) is 0.126. The fourth-order valence-corrected chi connectivity index (χ4v) is 6.00. The van der Waals surface area contributed by atoms with E-state index in [0.717, 1.165) is 11.1 Å². The lowest BCUT2D eigenvalue weighted by molar-refractivity contribution is -0.284. The normalized spacial score (nSPS) is 15.9. The number of fused-ring (bicyclic) bond motifs is 2. The van der Waals surface area contributed by atoms with E-state index in [1.165, 1.54) is 41.1 Å². The van der Waals surface area contributed by atoms with Crippen LogP contribution in [0.2, 0.25) is 0 Å². The van der Waals surface area contributed by atoms with Crippen molar-refractivity contribution in [2.75, 3.05) is 11.1 Å². The smallest absolute Gasteiger partial charge is 0.383 e. The number of halogens is 6. The van der Waals surface area contributed by atoms with Crippen molar-refractivity contribution in [2.45, 2.75) is 37.3 Å². The molecule has 9 nitrogen and oxygen atoms in total. The molecule has 3 N–H and O–H groups in total. The number of rotatable bonds is 8. The fraction of sp³-hybridized carbons (Fsp3) is 0.167. The van der Waals surface area contributed by atoms with Crippen molar-refractivity contribution in [1.29, 1.82) is 0 Å². The lowest BCUT2D eigenvalue weighted by Crippen LogP contribution is -2.36. The van der Waals surface area contributed by atoms with Crippen LogP contribution in [-0.4, -0.2) is 48.1 Å². The third-order valence-corrected chi connectivity index (χ3v) is 8.73. The highest BCUT2D eigenvalue weighted by atomic mass is 19.4. The second kappa shape index (κ2) is 12.3. The molecule has 0 radical (unpaired) electrons. The van der Waals surface area contributed by atoms with Crippen LogP contribution in [0, 0.1) is 5.82 Å². The Hall–Kier alpha value is -6.12. The van der Waals surface area contributed by atoms with Gasteiger partial charge in [0.15, 0.2) is 17.3 Å². The van der Waals surface area contributed by atoms with Gasteiger partial charge in [-0.05, 0) is 31.0 Å².